The van der Waals surface area contributed by atoms with Crippen molar-refractivity contribution in [3.63, 3.8) is 0 Å². The summed E-state index contributed by atoms with van der Waals surface area (Å²) in [5.74, 6) is 2.44. The minimum Gasteiger partial charge on any atom is -0.493 e. The highest BCUT2D eigenvalue weighted by atomic mass is 16.5. The van der Waals surface area contributed by atoms with E-state index in [9.17, 15) is 0 Å². The highest BCUT2D eigenvalue weighted by Crippen LogP contribution is 2.45. The molecule has 7 nitrogen and oxygen atoms in total. The van der Waals surface area contributed by atoms with Crippen LogP contribution in [0.15, 0.2) is 48.8 Å². The van der Waals surface area contributed by atoms with Crippen molar-refractivity contribution in [3.8, 4) is 17.2 Å². The number of anilines is 1. The maximum atomic E-state index is 5.71. The zero-order chi connectivity index (χ0) is 20.4. The summed E-state index contributed by atoms with van der Waals surface area (Å²) >= 11 is 0. The van der Waals surface area contributed by atoms with Crippen LogP contribution in [-0.4, -0.2) is 36.1 Å². The highest BCUT2D eigenvalue weighted by molar-refractivity contribution is 5.77. The van der Waals surface area contributed by atoms with Crippen LogP contribution in [0.2, 0.25) is 0 Å². The molecular weight excluding hydrogens is 368 g/mol. The number of hydrogen-bond acceptors (Lipinski definition) is 6. The summed E-state index contributed by atoms with van der Waals surface area (Å²) in [5.41, 5.74) is 4.25. The van der Waals surface area contributed by atoms with E-state index in [0.29, 0.717) is 23.2 Å². The zero-order valence-electron chi connectivity index (χ0n) is 17.0. The van der Waals surface area contributed by atoms with Crippen molar-refractivity contribution >= 4 is 11.6 Å². The standard InChI is InChI=1S/C22H24N4O3/c1-5-14-6-8-15(9-7-14)17-12-18(26-22(25-17)23-13-24-26)16-10-11-19(27-2)21(29-4)20(16)28-3/h6-13,18H,5H2,1-4H3,(H,23,24,25). The molecule has 0 saturated carbocycles. The smallest absolute Gasteiger partial charge is 0.226 e. The maximum absolute atomic E-state index is 5.71. The molecule has 1 aromatic heterocycles. The van der Waals surface area contributed by atoms with Crippen molar-refractivity contribution < 1.29 is 14.2 Å². The maximum Gasteiger partial charge on any atom is 0.226 e. The van der Waals surface area contributed by atoms with Gasteiger partial charge in [-0.25, -0.2) is 4.68 Å². The molecule has 150 valence electrons. The number of allylic oxidation sites excluding steroid dienone is 1. The van der Waals surface area contributed by atoms with E-state index in [4.69, 9.17) is 14.2 Å². The second kappa shape index (κ2) is 7.87. The van der Waals surface area contributed by atoms with Gasteiger partial charge < -0.3 is 19.5 Å². The Morgan fingerprint density at radius 1 is 0.966 bits per heavy atom. The van der Waals surface area contributed by atoms with Crippen molar-refractivity contribution in [2.24, 2.45) is 0 Å². The van der Waals surface area contributed by atoms with Gasteiger partial charge in [-0.2, -0.15) is 10.1 Å². The molecule has 0 saturated heterocycles. The first-order valence-electron chi connectivity index (χ1n) is 9.46. The van der Waals surface area contributed by atoms with Gasteiger partial charge in [-0.1, -0.05) is 31.2 Å². The zero-order valence-corrected chi connectivity index (χ0v) is 17.0. The molecule has 3 aromatic rings. The lowest BCUT2D eigenvalue weighted by Gasteiger charge is -2.26. The average Bonchev–Trinajstić information content (AvgIpc) is 3.26. The minimum absolute atomic E-state index is 0.218. The van der Waals surface area contributed by atoms with Crippen LogP contribution in [-0.2, 0) is 6.42 Å². The molecular formula is C22H24N4O3. The van der Waals surface area contributed by atoms with Crippen LogP contribution in [0.5, 0.6) is 17.2 Å². The molecule has 0 fully saturated rings. The summed E-state index contributed by atoms with van der Waals surface area (Å²) in [6, 6.07) is 12.1. The van der Waals surface area contributed by atoms with Gasteiger partial charge in [0.25, 0.3) is 0 Å². The van der Waals surface area contributed by atoms with Gasteiger partial charge in [0, 0.05) is 11.3 Å². The van der Waals surface area contributed by atoms with Gasteiger partial charge in [0.1, 0.15) is 12.4 Å². The van der Waals surface area contributed by atoms with Gasteiger partial charge in [0.15, 0.2) is 11.5 Å². The Kier molecular flexibility index (Phi) is 5.12. The van der Waals surface area contributed by atoms with Crippen molar-refractivity contribution in [2.75, 3.05) is 26.6 Å². The first-order valence-corrected chi connectivity index (χ1v) is 9.46. The lowest BCUT2D eigenvalue weighted by atomic mass is 9.99. The first-order chi connectivity index (χ1) is 14.2. The number of nitrogens with one attached hydrogen (secondary N) is 1. The molecule has 0 radical (unpaired) electrons. The summed E-state index contributed by atoms with van der Waals surface area (Å²) in [5, 5.41) is 7.79. The van der Waals surface area contributed by atoms with Crippen LogP contribution in [0.25, 0.3) is 5.70 Å². The number of ether oxygens (including phenoxy) is 3. The normalized spacial score (nSPS) is 15.2. The number of fused-ring (bicyclic) bond motifs is 1. The third-order valence-electron chi connectivity index (χ3n) is 5.13. The van der Waals surface area contributed by atoms with Crippen molar-refractivity contribution in [1.29, 1.82) is 0 Å². The summed E-state index contributed by atoms with van der Waals surface area (Å²) in [4.78, 5) is 4.38. The van der Waals surface area contributed by atoms with Crippen molar-refractivity contribution in [1.82, 2.24) is 14.8 Å². The molecule has 1 N–H and O–H groups in total. The van der Waals surface area contributed by atoms with E-state index in [0.717, 1.165) is 23.2 Å². The fourth-order valence-corrected chi connectivity index (χ4v) is 3.60. The highest BCUT2D eigenvalue weighted by Gasteiger charge is 2.28. The SMILES string of the molecule is CCc1ccc(C2=CC(c3ccc(OC)c(OC)c3OC)n3ncnc3N2)cc1. The van der Waals surface area contributed by atoms with E-state index in [1.807, 2.05) is 16.8 Å². The number of aromatic nitrogens is 3. The number of nitrogens with zero attached hydrogens (tertiary/aromatic N) is 3. The Morgan fingerprint density at radius 3 is 2.38 bits per heavy atom. The lowest BCUT2D eigenvalue weighted by molar-refractivity contribution is 0.320. The summed E-state index contributed by atoms with van der Waals surface area (Å²) in [6.07, 6.45) is 4.67. The minimum atomic E-state index is -0.218. The summed E-state index contributed by atoms with van der Waals surface area (Å²) in [7, 11) is 4.83. The van der Waals surface area contributed by atoms with Gasteiger partial charge in [-0.05, 0) is 35.8 Å². The fraction of sp³-hybridized carbons (Fsp3) is 0.273. The number of benzene rings is 2. The monoisotopic (exact) mass is 392 g/mol. The van der Waals surface area contributed by atoms with E-state index in [1.54, 1.807) is 27.7 Å². The quantitative estimate of drug-likeness (QED) is 0.686. The van der Waals surface area contributed by atoms with Crippen LogP contribution in [0, 0.1) is 0 Å². The third kappa shape index (κ3) is 3.29. The van der Waals surface area contributed by atoms with Crippen LogP contribution < -0.4 is 19.5 Å². The van der Waals surface area contributed by atoms with Crippen LogP contribution in [0.1, 0.15) is 29.7 Å². The van der Waals surface area contributed by atoms with Gasteiger partial charge in [0.05, 0.1) is 21.3 Å². The molecule has 2 aromatic carbocycles. The molecule has 4 rings (SSSR count). The molecule has 1 atom stereocenters. The third-order valence-corrected chi connectivity index (χ3v) is 5.13. The first kappa shape index (κ1) is 18.9. The lowest BCUT2D eigenvalue weighted by Crippen LogP contribution is -2.21. The van der Waals surface area contributed by atoms with Crippen LogP contribution in [0.4, 0.5) is 5.95 Å². The second-order valence-corrected chi connectivity index (χ2v) is 6.65. The predicted molar refractivity (Wildman–Crippen MR) is 112 cm³/mol. The van der Waals surface area contributed by atoms with Gasteiger partial charge in [-0.15, -0.1) is 0 Å². The van der Waals surface area contributed by atoms with Crippen LogP contribution in [0.3, 0.4) is 0 Å². The molecule has 29 heavy (non-hydrogen) atoms. The predicted octanol–water partition coefficient (Wildman–Crippen LogP) is 3.92. The Hall–Kier alpha value is -3.48. The van der Waals surface area contributed by atoms with E-state index in [2.05, 4.69) is 52.7 Å². The van der Waals surface area contributed by atoms with E-state index < -0.39 is 0 Å². The summed E-state index contributed by atoms with van der Waals surface area (Å²) in [6.45, 7) is 2.15. The summed E-state index contributed by atoms with van der Waals surface area (Å²) < 4.78 is 18.5. The molecule has 0 amide bonds. The molecule has 0 spiro atoms. The Labute approximate surface area is 169 Å². The molecule has 2 heterocycles. The number of methoxy groups -OCH3 is 3. The van der Waals surface area contributed by atoms with Gasteiger partial charge >= 0.3 is 0 Å². The topological polar surface area (TPSA) is 70.4 Å². The Bertz CT molecular complexity index is 1040. The van der Waals surface area contributed by atoms with E-state index in [-0.39, 0.29) is 6.04 Å². The van der Waals surface area contributed by atoms with Crippen molar-refractivity contribution in [2.45, 2.75) is 19.4 Å². The molecule has 0 aliphatic carbocycles. The molecule has 0 bridgehead atoms. The van der Waals surface area contributed by atoms with E-state index in [1.165, 1.54) is 5.56 Å². The Morgan fingerprint density at radius 2 is 1.72 bits per heavy atom. The van der Waals surface area contributed by atoms with Gasteiger partial charge in [-0.3, -0.25) is 0 Å². The van der Waals surface area contributed by atoms with Crippen molar-refractivity contribution in [3.05, 3.63) is 65.5 Å². The largest absolute Gasteiger partial charge is 0.493 e. The molecule has 1 unspecified atom stereocenters. The number of aryl methyl sites for hydroxylation is 1. The second-order valence-electron chi connectivity index (χ2n) is 6.65. The number of hydrogen-bond donors (Lipinski definition) is 1. The fourth-order valence-electron chi connectivity index (χ4n) is 3.60. The molecule has 7 heteroatoms. The average molecular weight is 392 g/mol. The molecule has 1 aliphatic heterocycles. The van der Waals surface area contributed by atoms with E-state index >= 15 is 0 Å². The van der Waals surface area contributed by atoms with Gasteiger partial charge in [0.2, 0.25) is 11.7 Å². The number of rotatable bonds is 6. The Balaban J connectivity index is 1.84. The molecule has 1 aliphatic rings. The van der Waals surface area contributed by atoms with Crippen LogP contribution >= 0.6 is 0 Å².